The van der Waals surface area contributed by atoms with E-state index in [0.717, 1.165) is 12.5 Å². The van der Waals surface area contributed by atoms with Crippen molar-refractivity contribution in [2.75, 3.05) is 13.1 Å². The van der Waals surface area contributed by atoms with Crippen molar-refractivity contribution in [3.63, 3.8) is 0 Å². The van der Waals surface area contributed by atoms with Crippen LogP contribution in [0.4, 0.5) is 0 Å². The highest BCUT2D eigenvalue weighted by molar-refractivity contribution is 5.80. The van der Waals surface area contributed by atoms with E-state index in [0.29, 0.717) is 24.8 Å². The molecular weight excluding hydrogens is 162 g/mol. The van der Waals surface area contributed by atoms with Gasteiger partial charge in [-0.1, -0.05) is 13.8 Å². The predicted molar refractivity (Wildman–Crippen MR) is 54.7 cm³/mol. The number of hydrogen-bond donors (Lipinski definition) is 0. The van der Waals surface area contributed by atoms with Crippen molar-refractivity contribution in [1.29, 1.82) is 0 Å². The number of piperidine rings is 1. The average Bonchev–Trinajstić information content (AvgIpc) is 2.09. The van der Waals surface area contributed by atoms with E-state index in [9.17, 15) is 4.79 Å². The minimum Gasteiger partial charge on any atom is -0.298 e. The van der Waals surface area contributed by atoms with Gasteiger partial charge in [0.15, 0.2) is 0 Å². The normalized spacial score (nSPS) is 30.4. The first-order chi connectivity index (χ1) is 6.13. The summed E-state index contributed by atoms with van der Waals surface area (Å²) in [4.78, 5) is 13.6. The van der Waals surface area contributed by atoms with Crippen molar-refractivity contribution >= 4 is 5.78 Å². The maximum absolute atomic E-state index is 11.3. The third kappa shape index (κ3) is 3.11. The fourth-order valence-corrected chi connectivity index (χ4v) is 2.03. The Morgan fingerprint density at radius 1 is 1.46 bits per heavy atom. The van der Waals surface area contributed by atoms with Crippen LogP contribution in [-0.2, 0) is 4.79 Å². The molecule has 0 aromatic carbocycles. The third-order valence-electron chi connectivity index (χ3n) is 3.05. The van der Waals surface area contributed by atoms with Crippen LogP contribution < -0.4 is 0 Å². The van der Waals surface area contributed by atoms with Crippen molar-refractivity contribution in [3.8, 4) is 0 Å². The molecule has 0 saturated carbocycles. The van der Waals surface area contributed by atoms with E-state index in [1.165, 1.54) is 12.8 Å². The number of ketones is 1. The molecule has 0 radical (unpaired) electrons. The van der Waals surface area contributed by atoms with E-state index in [2.05, 4.69) is 18.7 Å². The summed E-state index contributed by atoms with van der Waals surface area (Å²) in [6.45, 7) is 8.26. The Labute approximate surface area is 81.3 Å². The van der Waals surface area contributed by atoms with Crippen molar-refractivity contribution in [1.82, 2.24) is 4.90 Å². The van der Waals surface area contributed by atoms with Gasteiger partial charge in [0.05, 0.1) is 6.54 Å². The fourth-order valence-electron chi connectivity index (χ4n) is 2.03. The highest BCUT2D eigenvalue weighted by atomic mass is 16.1. The van der Waals surface area contributed by atoms with Crippen molar-refractivity contribution in [3.05, 3.63) is 0 Å². The molecule has 2 nitrogen and oxygen atoms in total. The van der Waals surface area contributed by atoms with Gasteiger partial charge in [0.2, 0.25) is 0 Å². The van der Waals surface area contributed by atoms with Crippen LogP contribution in [0.2, 0.25) is 0 Å². The largest absolute Gasteiger partial charge is 0.298 e. The lowest BCUT2D eigenvalue weighted by Crippen LogP contribution is -2.42. The molecule has 13 heavy (non-hydrogen) atoms. The second-order valence-electron chi connectivity index (χ2n) is 4.34. The Kier molecular flexibility index (Phi) is 3.91. The zero-order valence-electron chi connectivity index (χ0n) is 9.05. The number of likely N-dealkylation sites (tertiary alicyclic amines) is 1. The summed E-state index contributed by atoms with van der Waals surface area (Å²) in [6.07, 6.45) is 3.18. The lowest BCUT2D eigenvalue weighted by Gasteiger charge is -2.35. The lowest BCUT2D eigenvalue weighted by molar-refractivity contribution is -0.120. The zero-order chi connectivity index (χ0) is 9.84. The molecule has 0 N–H and O–H groups in total. The second-order valence-corrected chi connectivity index (χ2v) is 4.34. The molecule has 2 atom stereocenters. The molecule has 1 heterocycles. The van der Waals surface area contributed by atoms with Gasteiger partial charge in [-0.25, -0.2) is 0 Å². The monoisotopic (exact) mass is 183 g/mol. The van der Waals surface area contributed by atoms with Crippen molar-refractivity contribution in [2.24, 2.45) is 5.92 Å². The van der Waals surface area contributed by atoms with Gasteiger partial charge < -0.3 is 0 Å². The summed E-state index contributed by atoms with van der Waals surface area (Å²) < 4.78 is 0. The van der Waals surface area contributed by atoms with Crippen LogP contribution in [0.1, 0.15) is 40.0 Å². The molecule has 2 heteroatoms. The van der Waals surface area contributed by atoms with Gasteiger partial charge in [-0.15, -0.1) is 0 Å². The standard InChI is InChI=1S/C11H21NO/c1-4-11(13)8-12-6-5-9(2)7-10(12)3/h9-10H,4-8H2,1-3H3. The summed E-state index contributed by atoms with van der Waals surface area (Å²) >= 11 is 0. The molecule has 1 rings (SSSR count). The number of nitrogens with zero attached hydrogens (tertiary/aromatic N) is 1. The fraction of sp³-hybridized carbons (Fsp3) is 0.909. The molecule has 2 unspecified atom stereocenters. The molecule has 0 aromatic heterocycles. The summed E-state index contributed by atoms with van der Waals surface area (Å²) in [5.41, 5.74) is 0. The van der Waals surface area contributed by atoms with E-state index < -0.39 is 0 Å². The molecule has 1 aliphatic heterocycles. The number of rotatable bonds is 3. The molecule has 0 aromatic rings. The minimum atomic E-state index is 0.376. The van der Waals surface area contributed by atoms with Gasteiger partial charge in [-0.3, -0.25) is 9.69 Å². The van der Waals surface area contributed by atoms with E-state index >= 15 is 0 Å². The summed E-state index contributed by atoms with van der Waals surface area (Å²) in [5.74, 6) is 1.21. The van der Waals surface area contributed by atoms with Gasteiger partial charge in [0.25, 0.3) is 0 Å². The summed E-state index contributed by atoms with van der Waals surface area (Å²) in [5, 5.41) is 0. The summed E-state index contributed by atoms with van der Waals surface area (Å²) in [6, 6.07) is 0.597. The van der Waals surface area contributed by atoms with Gasteiger partial charge in [-0.05, 0) is 32.2 Å². The molecule has 0 spiro atoms. The van der Waals surface area contributed by atoms with E-state index in [1.54, 1.807) is 0 Å². The topological polar surface area (TPSA) is 20.3 Å². The van der Waals surface area contributed by atoms with Gasteiger partial charge in [0.1, 0.15) is 5.78 Å². The van der Waals surface area contributed by atoms with Crippen LogP contribution in [0.15, 0.2) is 0 Å². The van der Waals surface area contributed by atoms with Crippen LogP contribution in [0.25, 0.3) is 0 Å². The number of Topliss-reactive ketones (excluding diaryl/α,β-unsaturated/α-hetero) is 1. The first-order valence-electron chi connectivity index (χ1n) is 5.39. The Morgan fingerprint density at radius 3 is 2.69 bits per heavy atom. The quantitative estimate of drug-likeness (QED) is 0.667. The molecule has 0 aliphatic carbocycles. The van der Waals surface area contributed by atoms with Crippen LogP contribution in [0.5, 0.6) is 0 Å². The summed E-state index contributed by atoms with van der Waals surface area (Å²) in [7, 11) is 0. The molecule has 76 valence electrons. The van der Waals surface area contributed by atoms with E-state index in [-0.39, 0.29) is 0 Å². The van der Waals surface area contributed by atoms with Crippen LogP contribution in [0.3, 0.4) is 0 Å². The van der Waals surface area contributed by atoms with Crippen molar-refractivity contribution in [2.45, 2.75) is 46.1 Å². The van der Waals surface area contributed by atoms with Crippen molar-refractivity contribution < 1.29 is 4.79 Å². The number of carbonyl (C=O) groups is 1. The first-order valence-corrected chi connectivity index (χ1v) is 5.39. The molecular formula is C11H21NO. The van der Waals surface area contributed by atoms with E-state index in [1.807, 2.05) is 6.92 Å². The Balaban J connectivity index is 2.38. The van der Waals surface area contributed by atoms with Gasteiger partial charge in [0, 0.05) is 12.5 Å². The van der Waals surface area contributed by atoms with Crippen LogP contribution in [0, 0.1) is 5.92 Å². The molecule has 0 bridgehead atoms. The Bertz CT molecular complexity index is 179. The Morgan fingerprint density at radius 2 is 2.15 bits per heavy atom. The van der Waals surface area contributed by atoms with Gasteiger partial charge >= 0.3 is 0 Å². The van der Waals surface area contributed by atoms with E-state index in [4.69, 9.17) is 0 Å². The zero-order valence-corrected chi connectivity index (χ0v) is 9.05. The predicted octanol–water partition coefficient (Wildman–Crippen LogP) is 2.09. The number of carbonyl (C=O) groups excluding carboxylic acids is 1. The van der Waals surface area contributed by atoms with Gasteiger partial charge in [-0.2, -0.15) is 0 Å². The SMILES string of the molecule is CCC(=O)CN1CCC(C)CC1C. The molecule has 1 aliphatic rings. The first kappa shape index (κ1) is 10.7. The highest BCUT2D eigenvalue weighted by Gasteiger charge is 2.23. The smallest absolute Gasteiger partial charge is 0.146 e. The number of hydrogen-bond acceptors (Lipinski definition) is 2. The lowest BCUT2D eigenvalue weighted by atomic mass is 9.93. The van der Waals surface area contributed by atoms with Crippen LogP contribution >= 0.6 is 0 Å². The Hall–Kier alpha value is -0.370. The maximum Gasteiger partial charge on any atom is 0.146 e. The highest BCUT2D eigenvalue weighted by Crippen LogP contribution is 2.21. The maximum atomic E-state index is 11.3. The third-order valence-corrected chi connectivity index (χ3v) is 3.05. The average molecular weight is 183 g/mol. The molecule has 1 saturated heterocycles. The molecule has 0 amide bonds. The molecule has 1 fully saturated rings. The minimum absolute atomic E-state index is 0.376. The van der Waals surface area contributed by atoms with Crippen LogP contribution in [-0.4, -0.2) is 29.8 Å². The second kappa shape index (κ2) is 4.75.